The summed E-state index contributed by atoms with van der Waals surface area (Å²) in [5.74, 6) is -1.14. The minimum Gasteiger partial charge on any atom is -0.340 e. The smallest absolute Gasteiger partial charge is 0.253 e. The van der Waals surface area contributed by atoms with Crippen molar-refractivity contribution in [1.29, 1.82) is 0 Å². The lowest BCUT2D eigenvalue weighted by Crippen LogP contribution is -2.52. The molecule has 3 rings (SSSR count). The molecule has 1 saturated heterocycles. The number of aryl methyl sites for hydroxylation is 1. The van der Waals surface area contributed by atoms with E-state index in [1.165, 1.54) is 0 Å². The van der Waals surface area contributed by atoms with E-state index in [0.29, 0.717) is 17.7 Å². The highest BCUT2D eigenvalue weighted by Crippen LogP contribution is 2.18. The highest BCUT2D eigenvalue weighted by Gasteiger charge is 2.28. The zero-order valence-corrected chi connectivity index (χ0v) is 13.2. The fraction of sp³-hybridized carbons (Fsp3) is 0.222. The molecular weight excluding hydrogens is 306 g/mol. The number of amides is 3. The van der Waals surface area contributed by atoms with E-state index in [0.717, 1.165) is 11.3 Å². The van der Waals surface area contributed by atoms with Gasteiger partial charge in [0.25, 0.3) is 5.91 Å². The van der Waals surface area contributed by atoms with Crippen molar-refractivity contribution in [3.05, 3.63) is 53.7 Å². The molecule has 1 fully saturated rings. The van der Waals surface area contributed by atoms with E-state index >= 15 is 0 Å². The minimum atomic E-state index is -0.691. The van der Waals surface area contributed by atoms with Crippen molar-refractivity contribution in [3.63, 3.8) is 0 Å². The maximum atomic E-state index is 12.4. The molecule has 1 atom stereocenters. The number of nitrogens with one attached hydrogen (secondary N) is 2. The summed E-state index contributed by atoms with van der Waals surface area (Å²) < 4.78 is 0. The van der Waals surface area contributed by atoms with Crippen molar-refractivity contribution in [2.45, 2.75) is 25.8 Å². The van der Waals surface area contributed by atoms with Crippen LogP contribution in [0, 0.1) is 6.92 Å². The van der Waals surface area contributed by atoms with Gasteiger partial charge in [-0.1, -0.05) is 30.3 Å². The normalized spacial score (nSPS) is 17.3. The Hall–Kier alpha value is -3.02. The summed E-state index contributed by atoms with van der Waals surface area (Å²) >= 11 is 0. The molecule has 2 aromatic rings. The summed E-state index contributed by atoms with van der Waals surface area (Å²) in [5, 5.41) is 4.89. The fourth-order valence-corrected chi connectivity index (χ4v) is 2.64. The minimum absolute atomic E-state index is 0.223. The van der Waals surface area contributed by atoms with Crippen molar-refractivity contribution in [1.82, 2.24) is 15.6 Å². The Kier molecular flexibility index (Phi) is 4.37. The number of imide groups is 1. The third kappa shape index (κ3) is 3.32. The first-order chi connectivity index (χ1) is 11.5. The Balaban J connectivity index is 1.76. The standard InChI is InChI=1S/C18H17N3O3/c1-11-13(7-8-14(19-11)12-5-3-2-4-6-12)17(23)20-15-9-10-16(22)21-18(15)24/h2-8,15H,9-10H2,1H3,(H,20,23)(H,21,22,24). The van der Waals surface area contributed by atoms with Gasteiger partial charge in [0.1, 0.15) is 6.04 Å². The second-order valence-electron chi connectivity index (χ2n) is 5.67. The number of aromatic nitrogens is 1. The van der Waals surface area contributed by atoms with Crippen LogP contribution in [-0.2, 0) is 9.59 Å². The van der Waals surface area contributed by atoms with Crippen LogP contribution in [0.1, 0.15) is 28.9 Å². The molecule has 2 heterocycles. The second kappa shape index (κ2) is 6.62. The van der Waals surface area contributed by atoms with Crippen LogP contribution in [0.2, 0.25) is 0 Å². The number of piperidine rings is 1. The van der Waals surface area contributed by atoms with E-state index in [1.807, 2.05) is 30.3 Å². The van der Waals surface area contributed by atoms with Gasteiger partial charge in [0.15, 0.2) is 0 Å². The molecule has 1 unspecified atom stereocenters. The third-order valence-corrected chi connectivity index (χ3v) is 3.94. The molecule has 3 amide bonds. The van der Waals surface area contributed by atoms with E-state index in [1.54, 1.807) is 19.1 Å². The maximum absolute atomic E-state index is 12.4. The summed E-state index contributed by atoms with van der Waals surface area (Å²) in [6.07, 6.45) is 0.534. The van der Waals surface area contributed by atoms with E-state index in [9.17, 15) is 14.4 Å². The van der Waals surface area contributed by atoms with Gasteiger partial charge in [0.05, 0.1) is 17.0 Å². The van der Waals surface area contributed by atoms with Gasteiger partial charge in [0.2, 0.25) is 11.8 Å². The summed E-state index contributed by atoms with van der Waals surface area (Å²) in [7, 11) is 0. The first-order valence-electron chi connectivity index (χ1n) is 7.72. The molecule has 2 N–H and O–H groups in total. The number of hydrogen-bond acceptors (Lipinski definition) is 4. The number of pyridine rings is 1. The lowest BCUT2D eigenvalue weighted by molar-refractivity contribution is -0.134. The van der Waals surface area contributed by atoms with Crippen LogP contribution in [0.4, 0.5) is 0 Å². The second-order valence-corrected chi connectivity index (χ2v) is 5.67. The van der Waals surface area contributed by atoms with Gasteiger partial charge in [0, 0.05) is 12.0 Å². The van der Waals surface area contributed by atoms with Crippen LogP contribution >= 0.6 is 0 Å². The zero-order chi connectivity index (χ0) is 17.1. The molecule has 122 valence electrons. The predicted molar refractivity (Wildman–Crippen MR) is 88.0 cm³/mol. The molecule has 24 heavy (non-hydrogen) atoms. The van der Waals surface area contributed by atoms with Crippen molar-refractivity contribution in [2.24, 2.45) is 0 Å². The first kappa shape index (κ1) is 15.9. The number of nitrogens with zero attached hydrogens (tertiary/aromatic N) is 1. The molecule has 0 saturated carbocycles. The average Bonchev–Trinajstić information content (AvgIpc) is 2.58. The predicted octanol–water partition coefficient (Wildman–Crippen LogP) is 1.59. The molecule has 1 aliphatic heterocycles. The highest BCUT2D eigenvalue weighted by atomic mass is 16.2. The lowest BCUT2D eigenvalue weighted by Gasteiger charge is -2.22. The van der Waals surface area contributed by atoms with E-state index < -0.39 is 11.9 Å². The largest absolute Gasteiger partial charge is 0.340 e. The Morgan fingerprint density at radius 2 is 1.92 bits per heavy atom. The Bertz CT molecular complexity index is 802. The molecule has 1 aliphatic rings. The molecule has 1 aromatic carbocycles. The number of hydrogen-bond donors (Lipinski definition) is 2. The topological polar surface area (TPSA) is 88.2 Å². The van der Waals surface area contributed by atoms with E-state index in [-0.39, 0.29) is 18.2 Å². The molecular formula is C18H17N3O3. The van der Waals surface area contributed by atoms with Gasteiger partial charge in [-0.25, -0.2) is 0 Å². The number of benzene rings is 1. The molecule has 1 aromatic heterocycles. The fourth-order valence-electron chi connectivity index (χ4n) is 2.64. The van der Waals surface area contributed by atoms with Crippen LogP contribution in [0.3, 0.4) is 0 Å². The first-order valence-corrected chi connectivity index (χ1v) is 7.72. The molecule has 6 heteroatoms. The van der Waals surface area contributed by atoms with E-state index in [4.69, 9.17) is 0 Å². The molecule has 6 nitrogen and oxygen atoms in total. The Morgan fingerprint density at radius 1 is 1.17 bits per heavy atom. The Labute approximate surface area is 139 Å². The van der Waals surface area contributed by atoms with Gasteiger partial charge in [-0.2, -0.15) is 0 Å². The molecule has 0 aliphatic carbocycles. The zero-order valence-electron chi connectivity index (χ0n) is 13.2. The van der Waals surface area contributed by atoms with Gasteiger partial charge >= 0.3 is 0 Å². The van der Waals surface area contributed by atoms with Crippen LogP contribution in [0.25, 0.3) is 11.3 Å². The summed E-state index contributed by atoms with van der Waals surface area (Å²) in [6, 6.07) is 12.5. The van der Waals surface area contributed by atoms with Gasteiger partial charge in [-0.05, 0) is 25.5 Å². The Morgan fingerprint density at radius 3 is 2.58 bits per heavy atom. The monoisotopic (exact) mass is 323 g/mol. The van der Waals surface area contributed by atoms with Gasteiger partial charge in [-0.3, -0.25) is 24.7 Å². The lowest BCUT2D eigenvalue weighted by atomic mass is 10.0. The third-order valence-electron chi connectivity index (χ3n) is 3.94. The number of carbonyl (C=O) groups excluding carboxylic acids is 3. The van der Waals surface area contributed by atoms with Crippen molar-refractivity contribution >= 4 is 17.7 Å². The van der Waals surface area contributed by atoms with Crippen molar-refractivity contribution in [3.8, 4) is 11.3 Å². The van der Waals surface area contributed by atoms with Gasteiger partial charge < -0.3 is 5.32 Å². The van der Waals surface area contributed by atoms with Crippen LogP contribution in [-0.4, -0.2) is 28.7 Å². The summed E-state index contributed by atoms with van der Waals surface area (Å²) in [6.45, 7) is 1.76. The summed E-state index contributed by atoms with van der Waals surface area (Å²) in [4.78, 5) is 39.7. The van der Waals surface area contributed by atoms with Crippen molar-refractivity contribution < 1.29 is 14.4 Å². The maximum Gasteiger partial charge on any atom is 0.253 e. The SMILES string of the molecule is Cc1nc(-c2ccccc2)ccc1C(=O)NC1CCC(=O)NC1=O. The van der Waals surface area contributed by atoms with Gasteiger partial charge in [-0.15, -0.1) is 0 Å². The van der Waals surface area contributed by atoms with Crippen molar-refractivity contribution in [2.75, 3.05) is 0 Å². The number of carbonyl (C=O) groups is 3. The van der Waals surface area contributed by atoms with Crippen LogP contribution < -0.4 is 10.6 Å². The molecule has 0 radical (unpaired) electrons. The highest BCUT2D eigenvalue weighted by molar-refractivity contribution is 6.04. The van der Waals surface area contributed by atoms with Crippen LogP contribution in [0.15, 0.2) is 42.5 Å². The van der Waals surface area contributed by atoms with Crippen LogP contribution in [0.5, 0.6) is 0 Å². The molecule has 0 bridgehead atoms. The number of rotatable bonds is 3. The summed E-state index contributed by atoms with van der Waals surface area (Å²) in [5.41, 5.74) is 2.75. The quantitative estimate of drug-likeness (QED) is 0.840. The average molecular weight is 323 g/mol. The molecule has 0 spiro atoms. The van der Waals surface area contributed by atoms with E-state index in [2.05, 4.69) is 15.6 Å².